The van der Waals surface area contributed by atoms with Crippen LogP contribution in [0.2, 0.25) is 0 Å². The van der Waals surface area contributed by atoms with Crippen molar-refractivity contribution in [2.45, 2.75) is 58.9 Å². The quantitative estimate of drug-likeness (QED) is 0.555. The molecule has 1 N–H and O–H groups in total. The molecule has 0 radical (unpaired) electrons. The van der Waals surface area contributed by atoms with Crippen LogP contribution in [0.25, 0.3) is 0 Å². The number of hydrogen-bond donors (Lipinski definition) is 1. The minimum atomic E-state index is -4.70. The molecule has 1 aromatic carbocycles. The molecule has 0 amide bonds. The van der Waals surface area contributed by atoms with Crippen LogP contribution in [0.1, 0.15) is 54.4 Å². The molecule has 4 rings (SSSR count). The molecule has 1 aliphatic heterocycles. The van der Waals surface area contributed by atoms with Gasteiger partial charge in [-0.1, -0.05) is 30.3 Å². The Labute approximate surface area is 209 Å². The summed E-state index contributed by atoms with van der Waals surface area (Å²) in [5, 5.41) is 19.2. The van der Waals surface area contributed by atoms with Crippen LogP contribution in [0.5, 0.6) is 0 Å². The highest BCUT2D eigenvalue weighted by Gasteiger charge is 2.41. The number of halogens is 3. The zero-order valence-corrected chi connectivity index (χ0v) is 21.1. The maximum atomic E-state index is 13.7. The van der Waals surface area contributed by atoms with Crippen LogP contribution in [-0.2, 0) is 18.2 Å². The van der Waals surface area contributed by atoms with Crippen molar-refractivity contribution in [3.8, 4) is 0 Å². The van der Waals surface area contributed by atoms with Crippen LogP contribution >= 0.6 is 0 Å². The minimum Gasteiger partial charge on any atom is -0.386 e. The monoisotopic (exact) mass is 500 g/mol. The molecule has 0 unspecified atom stereocenters. The van der Waals surface area contributed by atoms with Gasteiger partial charge in [0.15, 0.2) is 11.5 Å². The van der Waals surface area contributed by atoms with Crippen LogP contribution in [0, 0.1) is 13.8 Å². The summed E-state index contributed by atoms with van der Waals surface area (Å²) in [6.07, 6.45) is -2.93. The van der Waals surface area contributed by atoms with Crippen LogP contribution in [-0.4, -0.2) is 50.9 Å². The molecule has 1 fully saturated rings. The summed E-state index contributed by atoms with van der Waals surface area (Å²) in [6.45, 7) is 10.1. The number of rotatable bonds is 5. The van der Waals surface area contributed by atoms with E-state index in [1.54, 1.807) is 4.90 Å². The first-order chi connectivity index (χ1) is 16.9. The number of alkyl halides is 3. The van der Waals surface area contributed by atoms with Gasteiger partial charge in [0.1, 0.15) is 0 Å². The van der Waals surface area contributed by atoms with Crippen molar-refractivity contribution in [1.29, 1.82) is 0 Å². The predicted octanol–water partition coefficient (Wildman–Crippen LogP) is 4.44. The molecule has 36 heavy (non-hydrogen) atoms. The topological polar surface area (TPSA) is 78.3 Å². The van der Waals surface area contributed by atoms with E-state index in [9.17, 15) is 18.3 Å². The third-order valence-electron chi connectivity index (χ3n) is 6.70. The lowest BCUT2D eigenvalue weighted by molar-refractivity contribution is -0.144. The molecule has 0 spiro atoms. The Morgan fingerprint density at radius 3 is 2.33 bits per heavy atom. The summed E-state index contributed by atoms with van der Waals surface area (Å²) >= 11 is 0. The van der Waals surface area contributed by atoms with Gasteiger partial charge in [0.05, 0.1) is 11.3 Å². The number of hydrogen-bond acceptors (Lipinski definition) is 7. The van der Waals surface area contributed by atoms with Gasteiger partial charge in [-0.2, -0.15) is 18.3 Å². The Bertz CT molecular complexity index is 1230. The standard InChI is InChI=1S/C26H31F3N6O/c1-16-15-34(23-18(3)17(2)21(32-33-23)13-19-9-7-6-8-10-19)11-12-35(16)24-30-14-20(25(4,5)36)22(31-24)26(27,28)29/h6-10,14,16,36H,11-13,15H2,1-5H3/t16-/m1/s1. The average molecular weight is 501 g/mol. The van der Waals surface area contributed by atoms with Crippen LogP contribution < -0.4 is 9.80 Å². The van der Waals surface area contributed by atoms with Crippen molar-refractivity contribution in [3.05, 3.63) is 70.2 Å². The Morgan fingerprint density at radius 2 is 1.72 bits per heavy atom. The van der Waals surface area contributed by atoms with Crippen molar-refractivity contribution < 1.29 is 18.3 Å². The smallest absolute Gasteiger partial charge is 0.386 e. The van der Waals surface area contributed by atoms with Gasteiger partial charge in [-0.05, 0) is 51.3 Å². The third-order valence-corrected chi connectivity index (χ3v) is 6.70. The lowest BCUT2D eigenvalue weighted by Gasteiger charge is -2.41. The molecule has 192 valence electrons. The zero-order valence-electron chi connectivity index (χ0n) is 21.1. The molecule has 0 saturated carbocycles. The lowest BCUT2D eigenvalue weighted by atomic mass is 9.98. The van der Waals surface area contributed by atoms with Gasteiger partial charge in [-0.25, -0.2) is 9.97 Å². The molecule has 3 aromatic rings. The van der Waals surface area contributed by atoms with E-state index in [1.807, 2.05) is 39.0 Å². The van der Waals surface area contributed by atoms with Crippen LogP contribution in [0.4, 0.5) is 24.9 Å². The Kier molecular flexibility index (Phi) is 6.92. The van der Waals surface area contributed by atoms with Crippen molar-refractivity contribution >= 4 is 11.8 Å². The molecular formula is C26H31F3N6O. The predicted molar refractivity (Wildman–Crippen MR) is 132 cm³/mol. The maximum Gasteiger partial charge on any atom is 0.433 e. The van der Waals surface area contributed by atoms with Gasteiger partial charge in [0.2, 0.25) is 5.95 Å². The number of aliphatic hydroxyl groups is 1. The summed E-state index contributed by atoms with van der Waals surface area (Å²) in [4.78, 5) is 11.9. The van der Waals surface area contributed by atoms with E-state index < -0.39 is 17.5 Å². The molecular weight excluding hydrogens is 469 g/mol. The fourth-order valence-corrected chi connectivity index (χ4v) is 4.52. The molecule has 1 saturated heterocycles. The number of anilines is 2. The first kappa shape index (κ1) is 25.8. The molecule has 2 aromatic heterocycles. The summed E-state index contributed by atoms with van der Waals surface area (Å²) in [6, 6.07) is 9.93. The van der Waals surface area contributed by atoms with Crippen molar-refractivity contribution in [3.63, 3.8) is 0 Å². The molecule has 7 nitrogen and oxygen atoms in total. The second kappa shape index (κ2) is 9.65. The molecule has 1 atom stereocenters. The van der Waals surface area contributed by atoms with Crippen LogP contribution in [0.15, 0.2) is 36.5 Å². The Morgan fingerprint density at radius 1 is 1.03 bits per heavy atom. The number of benzene rings is 1. The van der Waals surface area contributed by atoms with Crippen molar-refractivity contribution in [2.75, 3.05) is 29.4 Å². The SMILES string of the molecule is Cc1c(Cc2ccccc2)nnc(N2CCN(c3ncc(C(C)(C)O)c(C(F)(F)F)n3)[C@H](C)C2)c1C. The van der Waals surface area contributed by atoms with E-state index in [0.717, 1.165) is 34.4 Å². The molecule has 3 heterocycles. The fourth-order valence-electron chi connectivity index (χ4n) is 4.52. The zero-order chi connectivity index (χ0) is 26.3. The number of nitrogens with zero attached hydrogens (tertiary/aromatic N) is 6. The number of aromatic nitrogens is 4. The van der Waals surface area contributed by atoms with Gasteiger partial charge in [0.25, 0.3) is 0 Å². The van der Waals surface area contributed by atoms with Crippen molar-refractivity contribution in [2.24, 2.45) is 0 Å². The Balaban J connectivity index is 1.54. The van der Waals surface area contributed by atoms with Crippen LogP contribution in [0.3, 0.4) is 0 Å². The minimum absolute atomic E-state index is 0.000305. The average Bonchev–Trinajstić information content (AvgIpc) is 2.81. The highest BCUT2D eigenvalue weighted by Crippen LogP contribution is 2.36. The highest BCUT2D eigenvalue weighted by molar-refractivity contribution is 5.52. The van der Waals surface area contributed by atoms with E-state index >= 15 is 0 Å². The van der Waals surface area contributed by atoms with E-state index in [4.69, 9.17) is 0 Å². The molecule has 0 aliphatic carbocycles. The number of piperazine rings is 1. The summed E-state index contributed by atoms with van der Waals surface area (Å²) in [5.41, 5.74) is 1.05. The third kappa shape index (κ3) is 5.28. The fraction of sp³-hybridized carbons (Fsp3) is 0.462. The van der Waals surface area contributed by atoms with Gasteiger partial charge in [-0.3, -0.25) is 0 Å². The second-order valence-electron chi connectivity index (χ2n) is 9.86. The molecule has 1 aliphatic rings. The normalized spacial score (nSPS) is 17.0. The van der Waals surface area contributed by atoms with Gasteiger partial charge < -0.3 is 14.9 Å². The summed E-state index contributed by atoms with van der Waals surface area (Å²) in [7, 11) is 0. The van der Waals surface area contributed by atoms with E-state index in [0.29, 0.717) is 26.1 Å². The van der Waals surface area contributed by atoms with E-state index in [-0.39, 0.29) is 17.6 Å². The van der Waals surface area contributed by atoms with Gasteiger partial charge in [-0.15, -0.1) is 5.10 Å². The first-order valence-corrected chi connectivity index (χ1v) is 11.9. The largest absolute Gasteiger partial charge is 0.433 e. The maximum absolute atomic E-state index is 13.7. The van der Waals surface area contributed by atoms with Crippen molar-refractivity contribution in [1.82, 2.24) is 20.2 Å². The highest BCUT2D eigenvalue weighted by atomic mass is 19.4. The first-order valence-electron chi connectivity index (χ1n) is 11.9. The second-order valence-corrected chi connectivity index (χ2v) is 9.86. The Hall–Kier alpha value is -3.27. The van der Waals surface area contributed by atoms with Gasteiger partial charge in [0, 0.05) is 43.9 Å². The van der Waals surface area contributed by atoms with E-state index in [1.165, 1.54) is 13.8 Å². The van der Waals surface area contributed by atoms with Gasteiger partial charge >= 0.3 is 6.18 Å². The van der Waals surface area contributed by atoms with E-state index in [2.05, 4.69) is 37.2 Å². The summed E-state index contributed by atoms with van der Waals surface area (Å²) < 4.78 is 41.1. The molecule has 0 bridgehead atoms. The lowest BCUT2D eigenvalue weighted by Crippen LogP contribution is -2.53. The molecule has 10 heteroatoms. The summed E-state index contributed by atoms with van der Waals surface area (Å²) in [5.74, 6) is 0.782.